The van der Waals surface area contributed by atoms with Gasteiger partial charge in [0.1, 0.15) is 0 Å². The number of anilines is 1. The van der Waals surface area contributed by atoms with E-state index >= 15 is 0 Å². The highest BCUT2D eigenvalue weighted by molar-refractivity contribution is 8.19. The molecule has 6 heteroatoms. The highest BCUT2D eigenvalue weighted by atomic mass is 32.2. The van der Waals surface area contributed by atoms with Gasteiger partial charge < -0.3 is 9.47 Å². The first kappa shape index (κ1) is 24.4. The summed E-state index contributed by atoms with van der Waals surface area (Å²) in [5.74, 6) is 1.26. The maximum absolute atomic E-state index is 13.6. The van der Waals surface area contributed by atoms with E-state index < -0.39 is 0 Å². The van der Waals surface area contributed by atoms with Crippen molar-refractivity contribution in [2.24, 2.45) is 4.99 Å². The number of amides is 1. The molecule has 0 spiro atoms. The summed E-state index contributed by atoms with van der Waals surface area (Å²) in [4.78, 5) is 20.6. The normalized spacial score (nSPS) is 15.6. The maximum atomic E-state index is 13.6. The van der Waals surface area contributed by atoms with E-state index in [-0.39, 0.29) is 5.91 Å². The number of thioether (sulfide) groups is 1. The van der Waals surface area contributed by atoms with Crippen molar-refractivity contribution >= 4 is 40.3 Å². The molecule has 0 aromatic heterocycles. The van der Waals surface area contributed by atoms with Crippen LogP contribution in [0.4, 0.5) is 11.4 Å². The minimum Gasteiger partial charge on any atom is -0.490 e. The van der Waals surface area contributed by atoms with Crippen molar-refractivity contribution in [3.63, 3.8) is 0 Å². The van der Waals surface area contributed by atoms with Crippen LogP contribution in [-0.4, -0.2) is 24.3 Å². The Kier molecular flexibility index (Phi) is 8.06. The molecule has 3 aromatic carbocycles. The molecule has 0 N–H and O–H groups in total. The lowest BCUT2D eigenvalue weighted by molar-refractivity contribution is -0.113. The second kappa shape index (κ2) is 11.6. The molecule has 178 valence electrons. The van der Waals surface area contributed by atoms with Gasteiger partial charge in [0, 0.05) is 5.56 Å². The Bertz CT molecular complexity index is 1250. The van der Waals surface area contributed by atoms with Crippen molar-refractivity contribution in [1.82, 2.24) is 0 Å². The van der Waals surface area contributed by atoms with Gasteiger partial charge in [-0.05, 0) is 80.1 Å². The van der Waals surface area contributed by atoms with Gasteiger partial charge in [-0.15, -0.1) is 6.58 Å². The van der Waals surface area contributed by atoms with E-state index in [4.69, 9.17) is 14.5 Å². The number of amidine groups is 1. The Morgan fingerprint density at radius 1 is 0.971 bits per heavy atom. The van der Waals surface area contributed by atoms with Crippen molar-refractivity contribution in [3.8, 4) is 11.5 Å². The molecule has 0 atom stereocenters. The number of carbonyl (C=O) groups is 1. The monoisotopic (exact) mass is 484 g/mol. The van der Waals surface area contributed by atoms with E-state index in [0.29, 0.717) is 35.5 Å². The summed E-state index contributed by atoms with van der Waals surface area (Å²) < 4.78 is 11.8. The Hall–Kier alpha value is -3.77. The third-order valence-corrected chi connectivity index (χ3v) is 6.18. The van der Waals surface area contributed by atoms with Crippen molar-refractivity contribution in [1.29, 1.82) is 0 Å². The Morgan fingerprint density at radius 2 is 1.66 bits per heavy atom. The molecule has 1 saturated heterocycles. The standard InChI is InChI=1S/C29H28N2O3S/c1-4-13-22-18-21(19-25(33-5-2)27(22)34-6-3)20-26-28(32)31(24-16-11-8-12-17-24)29(35-26)30-23-14-9-7-10-15-23/h4,7-12,14-20H,1,5-6,13H2,2-3H3/b26-20+,30-29?. The molecule has 0 saturated carbocycles. The Balaban J connectivity index is 1.78. The second-order valence-corrected chi connectivity index (χ2v) is 8.69. The summed E-state index contributed by atoms with van der Waals surface area (Å²) in [7, 11) is 0. The molecule has 1 heterocycles. The van der Waals surface area contributed by atoms with E-state index in [0.717, 1.165) is 28.3 Å². The fourth-order valence-electron chi connectivity index (χ4n) is 3.76. The molecule has 1 fully saturated rings. The SMILES string of the molecule is C=CCc1cc(/C=C2/SC(=Nc3ccccc3)N(c3ccccc3)C2=O)cc(OCC)c1OCC. The predicted octanol–water partition coefficient (Wildman–Crippen LogP) is 7.02. The minimum absolute atomic E-state index is 0.118. The van der Waals surface area contributed by atoms with Crippen molar-refractivity contribution in [3.05, 3.63) is 101 Å². The molecule has 0 radical (unpaired) electrons. The molecule has 35 heavy (non-hydrogen) atoms. The predicted molar refractivity (Wildman–Crippen MR) is 146 cm³/mol. The molecule has 5 nitrogen and oxygen atoms in total. The summed E-state index contributed by atoms with van der Waals surface area (Å²) >= 11 is 1.36. The smallest absolute Gasteiger partial charge is 0.271 e. The zero-order valence-electron chi connectivity index (χ0n) is 19.9. The number of para-hydroxylation sites is 2. The van der Waals surface area contributed by atoms with Crippen molar-refractivity contribution < 1.29 is 14.3 Å². The van der Waals surface area contributed by atoms with Crippen LogP contribution in [-0.2, 0) is 11.2 Å². The summed E-state index contributed by atoms with van der Waals surface area (Å²) in [6, 6.07) is 23.2. The average molecular weight is 485 g/mol. The van der Waals surface area contributed by atoms with Crippen molar-refractivity contribution in [2.75, 3.05) is 18.1 Å². The van der Waals surface area contributed by atoms with Gasteiger partial charge >= 0.3 is 0 Å². The van der Waals surface area contributed by atoms with E-state index in [2.05, 4.69) is 6.58 Å². The van der Waals surface area contributed by atoms with Crippen LogP contribution in [0.15, 0.2) is 95.3 Å². The number of rotatable bonds is 9. The Morgan fingerprint density at radius 3 is 2.31 bits per heavy atom. The lowest BCUT2D eigenvalue weighted by Gasteiger charge is -2.16. The fraction of sp³-hybridized carbons (Fsp3) is 0.172. The number of aliphatic imine (C=N–C) groups is 1. The van der Waals surface area contributed by atoms with Crippen LogP contribution in [0.3, 0.4) is 0 Å². The zero-order chi connectivity index (χ0) is 24.6. The molecule has 4 rings (SSSR count). The maximum Gasteiger partial charge on any atom is 0.271 e. The summed E-state index contributed by atoms with van der Waals surface area (Å²) in [5.41, 5.74) is 3.39. The van der Waals surface area contributed by atoms with Crippen LogP contribution in [0.2, 0.25) is 0 Å². The van der Waals surface area contributed by atoms with Gasteiger partial charge in [0.15, 0.2) is 16.7 Å². The molecule has 1 amide bonds. The number of nitrogens with zero attached hydrogens (tertiary/aromatic N) is 2. The van der Waals surface area contributed by atoms with Crippen LogP contribution in [0.5, 0.6) is 11.5 Å². The second-order valence-electron chi connectivity index (χ2n) is 7.68. The molecular weight excluding hydrogens is 456 g/mol. The van der Waals surface area contributed by atoms with Gasteiger partial charge in [0.05, 0.1) is 29.5 Å². The van der Waals surface area contributed by atoms with Crippen LogP contribution in [0, 0.1) is 0 Å². The fourth-order valence-corrected chi connectivity index (χ4v) is 4.76. The number of carbonyl (C=O) groups excluding carboxylic acids is 1. The molecular formula is C29H28N2O3S. The molecule has 3 aromatic rings. The van der Waals surface area contributed by atoms with E-state index in [9.17, 15) is 4.79 Å². The third kappa shape index (κ3) is 5.66. The molecule has 1 aliphatic rings. The summed E-state index contributed by atoms with van der Waals surface area (Å²) in [6.07, 6.45) is 4.35. The lowest BCUT2D eigenvalue weighted by Crippen LogP contribution is -2.28. The summed E-state index contributed by atoms with van der Waals surface area (Å²) in [6.45, 7) is 8.81. The van der Waals surface area contributed by atoms with E-state index in [1.807, 2.05) is 98.8 Å². The van der Waals surface area contributed by atoms with Gasteiger partial charge in [-0.1, -0.05) is 42.5 Å². The molecule has 0 unspecified atom stereocenters. The number of ether oxygens (including phenoxy) is 2. The Labute approximate surface area is 210 Å². The lowest BCUT2D eigenvalue weighted by atomic mass is 10.0. The van der Waals surface area contributed by atoms with E-state index in [1.165, 1.54) is 11.8 Å². The first-order valence-corrected chi connectivity index (χ1v) is 12.4. The van der Waals surface area contributed by atoms with Crippen LogP contribution in [0.25, 0.3) is 6.08 Å². The summed E-state index contributed by atoms with van der Waals surface area (Å²) in [5, 5.41) is 0.612. The molecule has 1 aliphatic heterocycles. The van der Waals surface area contributed by atoms with Gasteiger partial charge in [0.25, 0.3) is 5.91 Å². The van der Waals surface area contributed by atoms with Gasteiger partial charge in [-0.3, -0.25) is 9.69 Å². The highest BCUT2D eigenvalue weighted by Crippen LogP contribution is 2.39. The quantitative estimate of drug-likeness (QED) is 0.242. The first-order chi connectivity index (χ1) is 17.1. The van der Waals surface area contributed by atoms with Gasteiger partial charge in [0.2, 0.25) is 0 Å². The third-order valence-electron chi connectivity index (χ3n) is 5.21. The number of hydrogen-bond acceptors (Lipinski definition) is 5. The first-order valence-electron chi connectivity index (χ1n) is 11.6. The van der Waals surface area contributed by atoms with Crippen LogP contribution in [0.1, 0.15) is 25.0 Å². The van der Waals surface area contributed by atoms with Gasteiger partial charge in [-0.2, -0.15) is 0 Å². The van der Waals surface area contributed by atoms with Crippen molar-refractivity contribution in [2.45, 2.75) is 20.3 Å². The number of benzene rings is 3. The molecule has 0 aliphatic carbocycles. The molecule has 0 bridgehead atoms. The van der Waals surface area contributed by atoms with Crippen LogP contribution >= 0.6 is 11.8 Å². The topological polar surface area (TPSA) is 51.1 Å². The average Bonchev–Trinajstić information content (AvgIpc) is 3.17. The highest BCUT2D eigenvalue weighted by Gasteiger charge is 2.34. The number of hydrogen-bond donors (Lipinski definition) is 0. The van der Waals surface area contributed by atoms with Crippen LogP contribution < -0.4 is 14.4 Å². The number of allylic oxidation sites excluding steroid dienone is 1. The largest absolute Gasteiger partial charge is 0.490 e. The van der Waals surface area contributed by atoms with Gasteiger partial charge in [-0.25, -0.2) is 4.99 Å². The minimum atomic E-state index is -0.118. The van der Waals surface area contributed by atoms with E-state index in [1.54, 1.807) is 4.90 Å². The zero-order valence-corrected chi connectivity index (χ0v) is 20.8.